The SMILES string of the molecule is Cc1nc(NC(=O)c2cccc(-c3cnn(CC4CC4)c3)n2)cc(N2CC[C@@H](C(C)(C)O)C2)n1. The van der Waals surface area contributed by atoms with Crippen molar-refractivity contribution in [2.75, 3.05) is 23.3 Å². The number of nitrogens with one attached hydrogen (secondary N) is 1. The molecule has 3 aromatic rings. The lowest BCUT2D eigenvalue weighted by Gasteiger charge is -2.26. The summed E-state index contributed by atoms with van der Waals surface area (Å²) >= 11 is 0. The molecule has 2 N–H and O–H groups in total. The fourth-order valence-corrected chi connectivity index (χ4v) is 4.39. The van der Waals surface area contributed by atoms with E-state index in [4.69, 9.17) is 0 Å². The van der Waals surface area contributed by atoms with Gasteiger partial charge in [0, 0.05) is 43.4 Å². The Labute approximate surface area is 199 Å². The maximum atomic E-state index is 13.0. The number of anilines is 2. The van der Waals surface area contributed by atoms with Gasteiger partial charge in [-0.05, 0) is 58.1 Å². The van der Waals surface area contributed by atoms with E-state index in [1.807, 2.05) is 36.9 Å². The second-order valence-corrected chi connectivity index (χ2v) is 10.0. The summed E-state index contributed by atoms with van der Waals surface area (Å²) in [6.07, 6.45) is 7.21. The smallest absolute Gasteiger partial charge is 0.275 e. The van der Waals surface area contributed by atoms with E-state index in [-0.39, 0.29) is 11.8 Å². The van der Waals surface area contributed by atoms with Crippen LogP contribution >= 0.6 is 0 Å². The molecule has 178 valence electrons. The van der Waals surface area contributed by atoms with E-state index in [0.717, 1.165) is 36.8 Å². The Morgan fingerprint density at radius 2 is 2.03 bits per heavy atom. The van der Waals surface area contributed by atoms with Crippen molar-refractivity contribution in [1.29, 1.82) is 0 Å². The number of nitrogens with zero attached hydrogens (tertiary/aromatic N) is 6. The Balaban J connectivity index is 1.30. The number of rotatable bonds is 7. The van der Waals surface area contributed by atoms with E-state index in [1.165, 1.54) is 12.8 Å². The van der Waals surface area contributed by atoms with Crippen molar-refractivity contribution in [3.05, 3.63) is 48.2 Å². The highest BCUT2D eigenvalue weighted by atomic mass is 16.3. The number of carbonyl (C=O) groups excluding carboxylic acids is 1. The normalized spacial score (nSPS) is 18.4. The second kappa shape index (κ2) is 8.79. The molecule has 0 aromatic carbocycles. The molecule has 0 unspecified atom stereocenters. The maximum absolute atomic E-state index is 13.0. The van der Waals surface area contributed by atoms with Crippen LogP contribution in [0.3, 0.4) is 0 Å². The summed E-state index contributed by atoms with van der Waals surface area (Å²) in [6, 6.07) is 7.18. The van der Waals surface area contributed by atoms with E-state index < -0.39 is 5.60 Å². The number of aryl methyl sites for hydroxylation is 1. The van der Waals surface area contributed by atoms with Gasteiger partial charge >= 0.3 is 0 Å². The first-order chi connectivity index (χ1) is 16.2. The molecule has 1 aliphatic heterocycles. The maximum Gasteiger partial charge on any atom is 0.275 e. The first-order valence-corrected chi connectivity index (χ1v) is 11.9. The predicted octanol–water partition coefficient (Wildman–Crippen LogP) is 3.30. The molecule has 34 heavy (non-hydrogen) atoms. The number of hydrogen-bond acceptors (Lipinski definition) is 7. The van der Waals surface area contributed by atoms with Gasteiger partial charge in [-0.15, -0.1) is 0 Å². The van der Waals surface area contributed by atoms with Gasteiger partial charge in [0.05, 0.1) is 17.5 Å². The Hall–Kier alpha value is -3.33. The first kappa shape index (κ1) is 22.5. The molecule has 0 radical (unpaired) electrons. The van der Waals surface area contributed by atoms with E-state index in [2.05, 4.69) is 30.3 Å². The van der Waals surface area contributed by atoms with Crippen LogP contribution in [-0.4, -0.2) is 54.4 Å². The van der Waals surface area contributed by atoms with Gasteiger partial charge in [0.15, 0.2) is 0 Å². The molecule has 3 aromatic heterocycles. The van der Waals surface area contributed by atoms with Gasteiger partial charge in [0.25, 0.3) is 5.91 Å². The van der Waals surface area contributed by atoms with Gasteiger partial charge in [-0.3, -0.25) is 9.48 Å². The molecule has 2 fully saturated rings. The number of carbonyl (C=O) groups is 1. The lowest BCUT2D eigenvalue weighted by Crippen LogP contribution is -2.33. The molecule has 1 amide bonds. The average molecular weight is 462 g/mol. The van der Waals surface area contributed by atoms with Crippen molar-refractivity contribution in [3.8, 4) is 11.3 Å². The Bertz CT molecular complexity index is 1200. The fraction of sp³-hybridized carbons (Fsp3) is 0.480. The third-order valence-electron chi connectivity index (χ3n) is 6.63. The zero-order chi connectivity index (χ0) is 23.9. The van der Waals surface area contributed by atoms with E-state index in [0.29, 0.717) is 29.6 Å². The highest BCUT2D eigenvalue weighted by molar-refractivity contribution is 6.02. The molecule has 1 saturated heterocycles. The summed E-state index contributed by atoms with van der Waals surface area (Å²) in [5, 5.41) is 17.7. The summed E-state index contributed by atoms with van der Waals surface area (Å²) in [5.74, 6) is 2.33. The minimum atomic E-state index is -0.737. The van der Waals surface area contributed by atoms with Crippen LogP contribution in [0.15, 0.2) is 36.7 Å². The van der Waals surface area contributed by atoms with Gasteiger partial charge < -0.3 is 15.3 Å². The van der Waals surface area contributed by atoms with Gasteiger partial charge in [0.1, 0.15) is 23.2 Å². The topological polar surface area (TPSA) is 109 Å². The third-order valence-corrected chi connectivity index (χ3v) is 6.63. The molecule has 9 heteroatoms. The highest BCUT2D eigenvalue weighted by Gasteiger charge is 2.34. The molecule has 2 aliphatic rings. The first-order valence-electron chi connectivity index (χ1n) is 11.9. The zero-order valence-electron chi connectivity index (χ0n) is 19.9. The molecular weight excluding hydrogens is 430 g/mol. The molecule has 0 bridgehead atoms. The minimum Gasteiger partial charge on any atom is -0.390 e. The fourth-order valence-electron chi connectivity index (χ4n) is 4.39. The summed E-state index contributed by atoms with van der Waals surface area (Å²) in [6.45, 7) is 7.94. The summed E-state index contributed by atoms with van der Waals surface area (Å²) in [5.41, 5.74) is 1.18. The van der Waals surface area contributed by atoms with Crippen LogP contribution in [0.5, 0.6) is 0 Å². The van der Waals surface area contributed by atoms with Crippen molar-refractivity contribution in [1.82, 2.24) is 24.7 Å². The quantitative estimate of drug-likeness (QED) is 0.556. The van der Waals surface area contributed by atoms with Crippen molar-refractivity contribution in [2.24, 2.45) is 11.8 Å². The number of amides is 1. The Kier molecular flexibility index (Phi) is 5.81. The van der Waals surface area contributed by atoms with Crippen LogP contribution in [0.4, 0.5) is 11.6 Å². The zero-order valence-corrected chi connectivity index (χ0v) is 19.9. The van der Waals surface area contributed by atoms with Crippen LogP contribution in [0, 0.1) is 18.8 Å². The number of pyridine rings is 1. The number of aromatic nitrogens is 5. The van der Waals surface area contributed by atoms with Crippen LogP contribution in [0.25, 0.3) is 11.3 Å². The number of hydrogen-bond donors (Lipinski definition) is 2. The van der Waals surface area contributed by atoms with E-state index in [1.54, 1.807) is 25.3 Å². The largest absolute Gasteiger partial charge is 0.390 e. The standard InChI is InChI=1S/C25H31N7O2/c1-16-27-22(11-23(28-16)31-10-9-19(15-31)25(2,3)34)30-24(33)21-6-4-5-20(29-21)18-12-26-32(14-18)13-17-7-8-17/h4-6,11-12,14,17,19,34H,7-10,13,15H2,1-3H3,(H,27,28,30,33)/t19-/m1/s1. The highest BCUT2D eigenvalue weighted by Crippen LogP contribution is 2.31. The number of aliphatic hydroxyl groups is 1. The van der Waals surface area contributed by atoms with Crippen LogP contribution < -0.4 is 10.2 Å². The van der Waals surface area contributed by atoms with E-state index >= 15 is 0 Å². The molecule has 4 heterocycles. The lowest BCUT2D eigenvalue weighted by atomic mass is 9.90. The second-order valence-electron chi connectivity index (χ2n) is 10.0. The van der Waals surface area contributed by atoms with Gasteiger partial charge in [0.2, 0.25) is 0 Å². The molecule has 1 aliphatic carbocycles. The molecule has 9 nitrogen and oxygen atoms in total. The molecule has 5 rings (SSSR count). The third kappa shape index (κ3) is 5.09. The Morgan fingerprint density at radius 1 is 1.21 bits per heavy atom. The summed E-state index contributed by atoms with van der Waals surface area (Å²) in [4.78, 5) is 28.6. The van der Waals surface area contributed by atoms with E-state index in [9.17, 15) is 9.90 Å². The molecule has 1 atom stereocenters. The van der Waals surface area contributed by atoms with Crippen molar-refractivity contribution in [2.45, 2.75) is 52.2 Å². The Morgan fingerprint density at radius 3 is 2.76 bits per heavy atom. The van der Waals surface area contributed by atoms with Gasteiger partial charge in [-0.25, -0.2) is 15.0 Å². The minimum absolute atomic E-state index is 0.168. The van der Waals surface area contributed by atoms with Gasteiger partial charge in [-0.1, -0.05) is 6.07 Å². The molecule has 0 spiro atoms. The summed E-state index contributed by atoms with van der Waals surface area (Å²) in [7, 11) is 0. The molecular formula is C25H31N7O2. The van der Waals surface area contributed by atoms with Crippen molar-refractivity contribution >= 4 is 17.5 Å². The predicted molar refractivity (Wildman–Crippen MR) is 130 cm³/mol. The van der Waals surface area contributed by atoms with Crippen molar-refractivity contribution < 1.29 is 9.90 Å². The lowest BCUT2D eigenvalue weighted by molar-refractivity contribution is 0.0263. The average Bonchev–Trinajstić information content (AvgIpc) is 3.24. The monoisotopic (exact) mass is 461 g/mol. The van der Waals surface area contributed by atoms with Gasteiger partial charge in [-0.2, -0.15) is 5.10 Å². The molecule has 1 saturated carbocycles. The summed E-state index contributed by atoms with van der Waals surface area (Å²) < 4.78 is 1.95. The van der Waals surface area contributed by atoms with Crippen LogP contribution in [0.2, 0.25) is 0 Å². The van der Waals surface area contributed by atoms with Crippen molar-refractivity contribution in [3.63, 3.8) is 0 Å². The van der Waals surface area contributed by atoms with Crippen LogP contribution in [0.1, 0.15) is 49.4 Å². The van der Waals surface area contributed by atoms with Crippen LogP contribution in [-0.2, 0) is 6.54 Å².